The normalized spacial score (nSPS) is 19.8. The van der Waals surface area contributed by atoms with E-state index in [2.05, 4.69) is 12.2 Å². The molecule has 1 aromatic heterocycles. The van der Waals surface area contributed by atoms with Gasteiger partial charge >= 0.3 is 0 Å². The summed E-state index contributed by atoms with van der Waals surface area (Å²) < 4.78 is 27.9. The third-order valence-electron chi connectivity index (χ3n) is 7.57. The highest BCUT2D eigenvalue weighted by Gasteiger charge is 2.52. The second-order valence-corrected chi connectivity index (χ2v) is 10.0. The number of halogens is 1. The molecule has 2 aromatic carbocycles. The number of aliphatic hydroxyl groups is 2. The zero-order chi connectivity index (χ0) is 23.7. The van der Waals surface area contributed by atoms with Crippen LogP contribution < -0.4 is 14.8 Å². The van der Waals surface area contributed by atoms with E-state index in [9.17, 15) is 15.0 Å². The standard InChI is InChI=1S/C26H27FN2O5.H2/c1-25(4-5-25)23-9-15-8-19(18(27)11-20(15)29(23)12-17(31)13-30)28-24(32)26(6-7-26)16-2-3-21-22(10-16)34-14-33-21;/h2-3,8-11,17,30-31H,4-7,12-14H2,1H3,(H,28,32);1H/t17-;/m1./s1. The Morgan fingerprint density at radius 2 is 1.94 bits per heavy atom. The van der Waals surface area contributed by atoms with Crippen LogP contribution in [0.5, 0.6) is 11.5 Å². The number of hydrogen-bond donors (Lipinski definition) is 3. The van der Waals surface area contributed by atoms with Crippen molar-refractivity contribution in [2.45, 2.75) is 56.1 Å². The molecule has 3 N–H and O–H groups in total. The van der Waals surface area contributed by atoms with Crippen molar-refractivity contribution in [1.29, 1.82) is 0 Å². The number of hydrogen-bond acceptors (Lipinski definition) is 5. The van der Waals surface area contributed by atoms with E-state index in [1.54, 1.807) is 12.1 Å². The van der Waals surface area contributed by atoms with Crippen molar-refractivity contribution < 1.29 is 30.3 Å². The Labute approximate surface area is 197 Å². The van der Waals surface area contributed by atoms with Gasteiger partial charge in [-0.3, -0.25) is 4.79 Å². The van der Waals surface area contributed by atoms with Crippen LogP contribution in [0, 0.1) is 5.82 Å². The molecule has 2 saturated carbocycles. The number of benzene rings is 2. The molecule has 8 heteroatoms. The smallest absolute Gasteiger partial charge is 0.235 e. The van der Waals surface area contributed by atoms with Crippen LogP contribution in [0.25, 0.3) is 10.9 Å². The minimum atomic E-state index is -0.935. The Kier molecular flexibility index (Phi) is 4.70. The number of amides is 1. The quantitative estimate of drug-likeness (QED) is 0.490. The SMILES string of the molecule is CC1(c2cc3cc(NC(=O)C4(c5ccc6c(c5)OCO6)CC4)c(F)cc3n2C[C@@H](O)CO)CC1.[HH]. The zero-order valence-electron chi connectivity index (χ0n) is 18.9. The predicted octanol–water partition coefficient (Wildman–Crippen LogP) is 3.83. The second-order valence-electron chi connectivity index (χ2n) is 10.0. The van der Waals surface area contributed by atoms with Crippen LogP contribution in [0.2, 0.25) is 0 Å². The molecule has 2 heterocycles. The number of carbonyl (C=O) groups is 1. The van der Waals surface area contributed by atoms with Gasteiger partial charge in [0.2, 0.25) is 12.7 Å². The van der Waals surface area contributed by atoms with Crippen LogP contribution in [-0.4, -0.2) is 40.2 Å². The van der Waals surface area contributed by atoms with E-state index >= 15 is 4.39 Å². The summed E-state index contributed by atoms with van der Waals surface area (Å²) in [7, 11) is 0. The summed E-state index contributed by atoms with van der Waals surface area (Å²) in [4.78, 5) is 13.3. The fourth-order valence-electron chi connectivity index (χ4n) is 5.00. The van der Waals surface area contributed by atoms with Gasteiger partial charge in [-0.05, 0) is 55.5 Å². The Morgan fingerprint density at radius 3 is 2.65 bits per heavy atom. The van der Waals surface area contributed by atoms with E-state index in [0.717, 1.165) is 29.5 Å². The highest BCUT2D eigenvalue weighted by molar-refractivity contribution is 6.03. The molecule has 2 aliphatic carbocycles. The lowest BCUT2D eigenvalue weighted by molar-refractivity contribution is -0.118. The van der Waals surface area contributed by atoms with E-state index in [0.29, 0.717) is 29.9 Å². The van der Waals surface area contributed by atoms with Crippen LogP contribution in [-0.2, 0) is 22.2 Å². The number of ether oxygens (including phenoxy) is 2. The molecule has 2 fully saturated rings. The van der Waals surface area contributed by atoms with E-state index in [1.807, 2.05) is 22.8 Å². The van der Waals surface area contributed by atoms with Gasteiger partial charge in [-0.2, -0.15) is 0 Å². The third kappa shape index (κ3) is 3.35. The predicted molar refractivity (Wildman–Crippen MR) is 126 cm³/mol. The van der Waals surface area contributed by atoms with Crippen LogP contribution in [0.4, 0.5) is 10.1 Å². The maximum Gasteiger partial charge on any atom is 0.235 e. The molecule has 1 atom stereocenters. The van der Waals surface area contributed by atoms with Crippen LogP contribution in [0.1, 0.15) is 45.3 Å². The molecular formula is C26H29FN2O5. The van der Waals surface area contributed by atoms with E-state index in [1.165, 1.54) is 6.07 Å². The summed E-state index contributed by atoms with van der Waals surface area (Å²) in [5.74, 6) is 0.505. The van der Waals surface area contributed by atoms with Crippen molar-refractivity contribution in [2.24, 2.45) is 0 Å². The summed E-state index contributed by atoms with van der Waals surface area (Å²) in [5, 5.41) is 23.0. The van der Waals surface area contributed by atoms with Crippen molar-refractivity contribution >= 4 is 22.5 Å². The lowest BCUT2D eigenvalue weighted by Crippen LogP contribution is -2.28. The number of carbonyl (C=O) groups excluding carboxylic acids is 1. The number of aromatic nitrogens is 1. The van der Waals surface area contributed by atoms with Gasteiger partial charge in [0, 0.05) is 24.0 Å². The molecule has 3 aromatic rings. The first kappa shape index (κ1) is 21.4. The van der Waals surface area contributed by atoms with Gasteiger partial charge in [-0.25, -0.2) is 4.39 Å². The van der Waals surface area contributed by atoms with Crippen molar-refractivity contribution in [1.82, 2.24) is 4.57 Å². The fourth-order valence-corrected chi connectivity index (χ4v) is 5.00. The summed E-state index contributed by atoms with van der Waals surface area (Å²) >= 11 is 0. The number of nitrogens with one attached hydrogen (secondary N) is 1. The number of fused-ring (bicyclic) bond motifs is 2. The number of rotatable bonds is 7. The Balaban J connectivity index is 0.00000253. The molecule has 0 saturated heterocycles. The average Bonchev–Trinajstić information content (AvgIpc) is 3.71. The maximum atomic E-state index is 15.2. The lowest BCUT2D eigenvalue weighted by atomic mass is 9.94. The molecule has 7 nitrogen and oxygen atoms in total. The molecule has 0 radical (unpaired) electrons. The van der Waals surface area contributed by atoms with Gasteiger partial charge in [0.15, 0.2) is 11.5 Å². The zero-order valence-corrected chi connectivity index (χ0v) is 18.9. The first-order valence-electron chi connectivity index (χ1n) is 11.7. The summed E-state index contributed by atoms with van der Waals surface area (Å²) in [5.41, 5.74) is 1.90. The van der Waals surface area contributed by atoms with Crippen molar-refractivity contribution in [3.05, 3.63) is 53.5 Å². The average molecular weight is 469 g/mol. The monoisotopic (exact) mass is 468 g/mol. The number of aliphatic hydroxyl groups excluding tert-OH is 2. The molecule has 3 aliphatic rings. The first-order chi connectivity index (χ1) is 16.3. The topological polar surface area (TPSA) is 93.0 Å². The van der Waals surface area contributed by atoms with E-state index in [-0.39, 0.29) is 38.4 Å². The third-order valence-corrected chi connectivity index (χ3v) is 7.57. The lowest BCUT2D eigenvalue weighted by Gasteiger charge is -2.18. The second kappa shape index (κ2) is 7.45. The van der Waals surface area contributed by atoms with Crippen molar-refractivity contribution in [3.8, 4) is 11.5 Å². The Bertz CT molecular complexity index is 1310. The Hall–Kier alpha value is -3.10. The van der Waals surface area contributed by atoms with Gasteiger partial charge in [0.05, 0.1) is 35.9 Å². The number of anilines is 1. The highest BCUT2D eigenvalue weighted by Crippen LogP contribution is 2.52. The molecule has 0 bridgehead atoms. The van der Waals surface area contributed by atoms with Gasteiger partial charge in [0.1, 0.15) is 5.82 Å². The van der Waals surface area contributed by atoms with E-state index < -0.39 is 17.3 Å². The highest BCUT2D eigenvalue weighted by atomic mass is 19.1. The van der Waals surface area contributed by atoms with Crippen LogP contribution in [0.15, 0.2) is 36.4 Å². The number of nitrogens with zero attached hydrogens (tertiary/aromatic N) is 1. The van der Waals surface area contributed by atoms with Crippen LogP contribution >= 0.6 is 0 Å². The van der Waals surface area contributed by atoms with Gasteiger partial charge in [-0.1, -0.05) is 13.0 Å². The van der Waals surface area contributed by atoms with Crippen molar-refractivity contribution in [3.63, 3.8) is 0 Å². The largest absolute Gasteiger partial charge is 0.454 e. The van der Waals surface area contributed by atoms with E-state index in [4.69, 9.17) is 9.47 Å². The fraction of sp³-hybridized carbons (Fsp3) is 0.423. The molecule has 180 valence electrons. The minimum absolute atomic E-state index is 0. The molecule has 1 aliphatic heterocycles. The molecule has 0 spiro atoms. The Morgan fingerprint density at radius 1 is 1.18 bits per heavy atom. The van der Waals surface area contributed by atoms with Gasteiger partial charge in [-0.15, -0.1) is 0 Å². The summed E-state index contributed by atoms with van der Waals surface area (Å²) in [6.07, 6.45) is 2.46. The maximum absolute atomic E-state index is 15.2. The van der Waals surface area contributed by atoms with Crippen LogP contribution in [0.3, 0.4) is 0 Å². The van der Waals surface area contributed by atoms with Crippen molar-refractivity contribution in [2.75, 3.05) is 18.7 Å². The summed E-state index contributed by atoms with van der Waals surface area (Å²) in [6.45, 7) is 2.13. The molecule has 1 amide bonds. The molecule has 0 unspecified atom stereocenters. The van der Waals surface area contributed by atoms with Gasteiger partial charge < -0.3 is 29.6 Å². The molecule has 34 heavy (non-hydrogen) atoms. The molecular weight excluding hydrogens is 439 g/mol. The molecule has 6 rings (SSSR count). The first-order valence-corrected chi connectivity index (χ1v) is 11.7. The van der Waals surface area contributed by atoms with Gasteiger partial charge in [0.25, 0.3) is 0 Å². The minimum Gasteiger partial charge on any atom is -0.454 e. The summed E-state index contributed by atoms with van der Waals surface area (Å²) in [6, 6.07) is 10.6.